The average Bonchev–Trinajstić information content (AvgIpc) is 2.96. The molecule has 0 radical (unpaired) electrons. The third-order valence-electron chi connectivity index (χ3n) is 7.38. The van der Waals surface area contributed by atoms with Crippen LogP contribution in [0.4, 0.5) is 16.0 Å². The molecule has 4 heterocycles. The van der Waals surface area contributed by atoms with Crippen LogP contribution in [0.3, 0.4) is 0 Å². The van der Waals surface area contributed by atoms with Crippen LogP contribution in [0.2, 0.25) is 0 Å². The summed E-state index contributed by atoms with van der Waals surface area (Å²) in [5.74, 6) is 0.263. The van der Waals surface area contributed by atoms with Gasteiger partial charge in [0.15, 0.2) is 0 Å². The smallest absolute Gasteiger partial charge is 0.350 e. The summed E-state index contributed by atoms with van der Waals surface area (Å²) in [6, 6.07) is 3.30. The van der Waals surface area contributed by atoms with E-state index in [0.717, 1.165) is 5.57 Å². The van der Waals surface area contributed by atoms with Crippen molar-refractivity contribution in [3.63, 3.8) is 0 Å². The third-order valence-corrected chi connectivity index (χ3v) is 8.53. The minimum absolute atomic E-state index is 0.0244. The maximum absolute atomic E-state index is 15.8. The van der Waals surface area contributed by atoms with Crippen molar-refractivity contribution in [3.8, 4) is 0 Å². The van der Waals surface area contributed by atoms with E-state index in [2.05, 4.69) is 37.8 Å². The van der Waals surface area contributed by atoms with Crippen molar-refractivity contribution >= 4 is 67.3 Å². The summed E-state index contributed by atoms with van der Waals surface area (Å²) in [5.41, 5.74) is 1.97. The number of allylic oxidation sites excluding steroid dienone is 2. The van der Waals surface area contributed by atoms with Crippen molar-refractivity contribution in [1.29, 1.82) is 5.41 Å². The summed E-state index contributed by atoms with van der Waals surface area (Å²) in [6.07, 6.45) is 8.27. The number of piperazine rings is 1. The molecule has 0 aliphatic carbocycles. The number of carbonyl (C=O) groups is 1. The standard InChI is InChI=1S/C29H29BrFN7O2S/c1-6-21(39)36-11-12-37(17(4)14-36)27-18-13-16(3)24-22-19(8-7-15(2)23(22)31)33-10-9-20(41-5)25(26(30)32)38(28(18)34-24)29(40)35-27/h6-10,13,17,32,34H,1,11-12,14H2,2-5H3. The van der Waals surface area contributed by atoms with Crippen LogP contribution in [0.25, 0.3) is 17.5 Å². The Balaban J connectivity index is 1.86. The minimum Gasteiger partial charge on any atom is -0.350 e. The second-order valence-electron chi connectivity index (χ2n) is 9.94. The number of rotatable bonds is 4. The first-order valence-corrected chi connectivity index (χ1v) is 15.0. The molecule has 3 aliphatic rings. The van der Waals surface area contributed by atoms with E-state index in [4.69, 9.17) is 5.41 Å². The van der Waals surface area contributed by atoms with Gasteiger partial charge in [0, 0.05) is 36.8 Å². The van der Waals surface area contributed by atoms with Gasteiger partial charge in [0.1, 0.15) is 22.1 Å². The molecule has 1 atom stereocenters. The molecule has 0 saturated carbocycles. The molecule has 1 aromatic heterocycles. The van der Waals surface area contributed by atoms with Crippen LogP contribution in [-0.4, -0.2) is 56.9 Å². The molecule has 0 spiro atoms. The molecule has 2 N–H and O–H groups in total. The lowest BCUT2D eigenvalue weighted by Crippen LogP contribution is -2.54. The van der Waals surface area contributed by atoms with Crippen LogP contribution in [0, 0.1) is 18.2 Å². The van der Waals surface area contributed by atoms with Crippen molar-refractivity contribution in [2.75, 3.05) is 36.1 Å². The lowest BCUT2D eigenvalue weighted by molar-refractivity contribution is -0.126. The van der Waals surface area contributed by atoms with E-state index in [9.17, 15) is 9.59 Å². The van der Waals surface area contributed by atoms with Gasteiger partial charge in [0.25, 0.3) is 0 Å². The normalized spacial score (nSPS) is 18.1. The first-order valence-electron chi connectivity index (χ1n) is 12.9. The second-order valence-corrected chi connectivity index (χ2v) is 11.6. The second kappa shape index (κ2) is 11.2. The van der Waals surface area contributed by atoms with Gasteiger partial charge in [-0.15, -0.1) is 11.8 Å². The third kappa shape index (κ3) is 4.99. The number of nitrogens with one attached hydrogen (secondary N) is 2. The summed E-state index contributed by atoms with van der Waals surface area (Å²) in [7, 11) is 0. The molecule has 41 heavy (non-hydrogen) atoms. The van der Waals surface area contributed by atoms with Gasteiger partial charge in [-0.2, -0.15) is 4.98 Å². The van der Waals surface area contributed by atoms with Crippen LogP contribution in [0.15, 0.2) is 57.3 Å². The first-order chi connectivity index (χ1) is 19.6. The van der Waals surface area contributed by atoms with Crippen molar-refractivity contribution in [2.45, 2.75) is 26.8 Å². The molecule has 212 valence electrons. The van der Waals surface area contributed by atoms with Gasteiger partial charge >= 0.3 is 5.69 Å². The Bertz CT molecular complexity index is 1790. The number of carbonyl (C=O) groups excluding carboxylic acids is 1. The predicted octanol–water partition coefficient (Wildman–Crippen LogP) is 3.60. The number of amides is 1. The lowest BCUT2D eigenvalue weighted by Gasteiger charge is -2.41. The van der Waals surface area contributed by atoms with Gasteiger partial charge in [0.05, 0.1) is 27.5 Å². The van der Waals surface area contributed by atoms with E-state index >= 15 is 4.39 Å². The highest BCUT2D eigenvalue weighted by atomic mass is 79.9. The highest BCUT2D eigenvalue weighted by Crippen LogP contribution is 2.38. The Morgan fingerprint density at radius 2 is 2.07 bits per heavy atom. The highest BCUT2D eigenvalue weighted by molar-refractivity contribution is 9.18. The number of aromatic nitrogens is 2. The van der Waals surface area contributed by atoms with Crippen LogP contribution in [-0.2, 0) is 4.79 Å². The molecule has 1 aromatic carbocycles. The molecular formula is C29H29BrFN7O2S. The van der Waals surface area contributed by atoms with Crippen molar-refractivity contribution < 1.29 is 9.18 Å². The molecule has 1 amide bonds. The van der Waals surface area contributed by atoms with Gasteiger partial charge in [-0.05, 0) is 78.4 Å². The quantitative estimate of drug-likeness (QED) is 0.392. The largest absolute Gasteiger partial charge is 0.355 e. The molecule has 1 unspecified atom stereocenters. The van der Waals surface area contributed by atoms with Gasteiger partial charge in [0.2, 0.25) is 5.91 Å². The van der Waals surface area contributed by atoms with Crippen LogP contribution >= 0.6 is 27.7 Å². The van der Waals surface area contributed by atoms with Gasteiger partial charge in [-0.1, -0.05) is 12.6 Å². The zero-order valence-corrected chi connectivity index (χ0v) is 25.5. The molecule has 3 aliphatic heterocycles. The monoisotopic (exact) mass is 637 g/mol. The van der Waals surface area contributed by atoms with E-state index in [1.54, 1.807) is 36.2 Å². The van der Waals surface area contributed by atoms with Crippen LogP contribution < -0.4 is 26.5 Å². The van der Waals surface area contributed by atoms with E-state index in [0.29, 0.717) is 63.6 Å². The topological polar surface area (TPSA) is 107 Å². The lowest BCUT2D eigenvalue weighted by atomic mass is 10.0. The van der Waals surface area contributed by atoms with Crippen molar-refractivity contribution in [2.24, 2.45) is 4.99 Å². The molecular weight excluding hydrogens is 609 g/mol. The zero-order valence-electron chi connectivity index (χ0n) is 23.1. The predicted molar refractivity (Wildman–Crippen MR) is 167 cm³/mol. The highest BCUT2D eigenvalue weighted by Gasteiger charge is 2.33. The van der Waals surface area contributed by atoms with E-state index in [1.807, 2.05) is 31.1 Å². The number of thioether (sulfide) groups is 1. The summed E-state index contributed by atoms with van der Waals surface area (Å²) >= 11 is 4.64. The molecule has 2 aromatic rings. The molecule has 12 heteroatoms. The van der Waals surface area contributed by atoms with Gasteiger partial charge in [-0.3, -0.25) is 15.2 Å². The number of fused-ring (bicyclic) bond motifs is 2. The molecule has 9 nitrogen and oxygen atoms in total. The van der Waals surface area contributed by atoms with Crippen LogP contribution in [0.1, 0.15) is 25.0 Å². The summed E-state index contributed by atoms with van der Waals surface area (Å²) in [4.78, 5) is 39.6. The van der Waals surface area contributed by atoms with E-state index in [1.165, 1.54) is 22.4 Å². The fourth-order valence-electron chi connectivity index (χ4n) is 5.33. The summed E-state index contributed by atoms with van der Waals surface area (Å²) in [5, 5.41) is 12.6. The molecule has 5 rings (SSSR count). The Hall–Kier alpha value is -3.77. The molecule has 1 fully saturated rings. The summed E-state index contributed by atoms with van der Waals surface area (Å²) < 4.78 is 17.1. The SMILES string of the molecule is C=CC(=O)N1CCN(c2nc(=O)n3c4c2C=C(C)C(=c2c(F)c(C)ccc2=NC=CC(SC)=C3C(=N)Br)N4)C(C)C1. The number of aryl methyl sites for hydroxylation is 1. The Morgan fingerprint density at radius 3 is 2.73 bits per heavy atom. The average molecular weight is 639 g/mol. The maximum atomic E-state index is 15.8. The molecule has 1 saturated heterocycles. The van der Waals surface area contributed by atoms with Crippen molar-refractivity contribution in [3.05, 3.63) is 85.5 Å². The van der Waals surface area contributed by atoms with Gasteiger partial charge < -0.3 is 15.1 Å². The van der Waals surface area contributed by atoms with Crippen molar-refractivity contribution in [1.82, 2.24) is 14.5 Å². The fraction of sp³-hybridized carbons (Fsp3) is 0.276. The number of hydrogen-bond acceptors (Lipinski definition) is 8. The number of nitrogens with zero attached hydrogens (tertiary/aromatic N) is 5. The van der Waals surface area contributed by atoms with Crippen LogP contribution in [0.5, 0.6) is 0 Å². The molecule has 2 bridgehead atoms. The Morgan fingerprint density at radius 1 is 1.32 bits per heavy atom. The zero-order chi connectivity index (χ0) is 29.6. The number of halogens is 2. The Labute approximate surface area is 249 Å². The Kier molecular flexibility index (Phi) is 7.89. The fourth-order valence-corrected chi connectivity index (χ4v) is 6.44. The maximum Gasteiger partial charge on any atom is 0.355 e. The minimum atomic E-state index is -0.601. The first kappa shape index (κ1) is 28.7. The number of hydrogen-bond donors (Lipinski definition) is 2. The van der Waals surface area contributed by atoms with Gasteiger partial charge in [-0.25, -0.2) is 13.8 Å². The number of anilines is 2. The van der Waals surface area contributed by atoms with E-state index in [-0.39, 0.29) is 22.3 Å². The number of benzene rings is 1. The summed E-state index contributed by atoms with van der Waals surface area (Å²) in [6.45, 7) is 10.5. The van der Waals surface area contributed by atoms with E-state index < -0.39 is 11.5 Å².